The molecule has 3 rings (SSSR count). The smallest absolute Gasteiger partial charge is 0.0984 e. The first-order valence-electron chi connectivity index (χ1n) is 5.09. The summed E-state index contributed by atoms with van der Waals surface area (Å²) in [4.78, 5) is 0. The summed E-state index contributed by atoms with van der Waals surface area (Å²) in [5, 5.41) is 3.93. The average Bonchev–Trinajstić information content (AvgIpc) is 2.60. The van der Waals surface area contributed by atoms with E-state index >= 15 is 0 Å². The summed E-state index contributed by atoms with van der Waals surface area (Å²) in [6.07, 6.45) is 0. The molecule has 0 aliphatic heterocycles. The van der Waals surface area contributed by atoms with Gasteiger partial charge in [0.1, 0.15) is 0 Å². The van der Waals surface area contributed by atoms with Crippen molar-refractivity contribution in [3.05, 3.63) is 56.5 Å². The van der Waals surface area contributed by atoms with Gasteiger partial charge in [0.15, 0.2) is 0 Å². The molecule has 2 aromatic carbocycles. The first kappa shape index (κ1) is 11.0. The number of halogens is 2. The van der Waals surface area contributed by atoms with E-state index in [-0.39, 0.29) is 0 Å². The quantitative estimate of drug-likeness (QED) is 0.484. The van der Waals surface area contributed by atoms with E-state index in [9.17, 15) is 0 Å². The van der Waals surface area contributed by atoms with E-state index < -0.39 is 0 Å². The minimum atomic E-state index is 0.845. The molecule has 0 atom stereocenters. The topological polar surface area (TPSA) is 38.4 Å². The fourth-order valence-corrected chi connectivity index (χ4v) is 2.90. The van der Waals surface area contributed by atoms with Crippen LogP contribution in [0.5, 0.6) is 0 Å². The Kier molecular flexibility index (Phi) is 2.56. The second kappa shape index (κ2) is 3.96. The summed E-state index contributed by atoms with van der Waals surface area (Å²) in [6, 6.07) is 12.3. The number of hydrogen-bond acceptors (Lipinski definition) is 2. The molecule has 0 bridgehead atoms. The van der Waals surface area contributed by atoms with Crippen molar-refractivity contribution < 1.29 is 0 Å². The van der Waals surface area contributed by atoms with Crippen molar-refractivity contribution in [3.63, 3.8) is 0 Å². The molecule has 0 amide bonds. The summed E-state index contributed by atoms with van der Waals surface area (Å²) < 4.78 is 2.06. The first-order valence-corrected chi connectivity index (χ1v) is 6.67. The van der Waals surface area contributed by atoms with Crippen molar-refractivity contribution in [2.45, 2.75) is 0 Å². The lowest BCUT2D eigenvalue weighted by molar-refractivity contribution is 1.25. The normalized spacial score (nSPS) is 12.2. The summed E-state index contributed by atoms with van der Waals surface area (Å²) in [5.74, 6) is 5.52. The summed E-state index contributed by atoms with van der Waals surface area (Å²) in [6.45, 7) is 0. The van der Waals surface area contributed by atoms with Gasteiger partial charge < -0.3 is 5.84 Å². The molecule has 0 spiro atoms. The van der Waals surface area contributed by atoms with Crippen molar-refractivity contribution in [2.24, 2.45) is 10.9 Å². The van der Waals surface area contributed by atoms with E-state index in [0.29, 0.717) is 0 Å². The minimum Gasteiger partial charge on any atom is -0.323 e. The molecule has 0 heterocycles. The van der Waals surface area contributed by atoms with Crippen LogP contribution in [0.3, 0.4) is 0 Å². The molecule has 1 aliphatic carbocycles. The van der Waals surface area contributed by atoms with E-state index in [1.807, 2.05) is 12.1 Å². The van der Waals surface area contributed by atoms with Crippen LogP contribution in [0.1, 0.15) is 11.1 Å². The Morgan fingerprint density at radius 3 is 1.65 bits per heavy atom. The number of nitrogens with two attached hydrogens (primary N) is 1. The fraction of sp³-hybridized carbons (Fsp3) is 0. The van der Waals surface area contributed by atoms with Crippen molar-refractivity contribution in [1.29, 1.82) is 0 Å². The van der Waals surface area contributed by atoms with Crippen LogP contribution in [-0.2, 0) is 0 Å². The van der Waals surface area contributed by atoms with Gasteiger partial charge in [0.2, 0.25) is 0 Å². The molecule has 0 aromatic heterocycles. The van der Waals surface area contributed by atoms with Crippen LogP contribution < -0.4 is 5.84 Å². The van der Waals surface area contributed by atoms with Crippen molar-refractivity contribution in [3.8, 4) is 11.1 Å². The molecule has 0 saturated heterocycles. The lowest BCUT2D eigenvalue weighted by Crippen LogP contribution is -2.01. The van der Waals surface area contributed by atoms with Crippen LogP contribution in [0.2, 0.25) is 0 Å². The maximum atomic E-state index is 5.52. The predicted octanol–water partition coefficient (Wildman–Crippen LogP) is 3.90. The molecule has 0 radical (unpaired) electrons. The Bertz CT molecular complexity index is 594. The van der Waals surface area contributed by atoms with Crippen LogP contribution in [0.4, 0.5) is 0 Å². The summed E-state index contributed by atoms with van der Waals surface area (Å²) in [5.41, 5.74) is 5.36. The molecule has 2 nitrogen and oxygen atoms in total. The number of hydrazone groups is 1. The third-order valence-corrected chi connectivity index (χ3v) is 3.88. The van der Waals surface area contributed by atoms with Gasteiger partial charge in [-0.3, -0.25) is 0 Å². The molecule has 1 aliphatic rings. The maximum absolute atomic E-state index is 5.52. The molecular formula is C13H8Br2N2. The molecule has 0 unspecified atom stereocenters. The van der Waals surface area contributed by atoms with Gasteiger partial charge >= 0.3 is 0 Å². The highest BCUT2D eigenvalue weighted by molar-refractivity contribution is 9.10. The lowest BCUT2D eigenvalue weighted by Gasteiger charge is -2.00. The SMILES string of the molecule is NN=C1c2cc(Br)ccc2-c2ccc(Br)cc21. The monoisotopic (exact) mass is 350 g/mol. The van der Waals surface area contributed by atoms with Crippen LogP contribution in [0.25, 0.3) is 11.1 Å². The maximum Gasteiger partial charge on any atom is 0.0984 e. The number of nitrogens with zero attached hydrogens (tertiary/aromatic N) is 1. The van der Waals surface area contributed by atoms with E-state index in [1.54, 1.807) is 0 Å². The number of rotatable bonds is 0. The summed E-state index contributed by atoms with van der Waals surface area (Å²) >= 11 is 6.95. The Morgan fingerprint density at radius 2 is 1.24 bits per heavy atom. The van der Waals surface area contributed by atoms with Gasteiger partial charge in [-0.15, -0.1) is 0 Å². The van der Waals surface area contributed by atoms with Gasteiger partial charge in [0, 0.05) is 20.1 Å². The number of hydrogen-bond donors (Lipinski definition) is 1. The largest absolute Gasteiger partial charge is 0.323 e. The van der Waals surface area contributed by atoms with E-state index in [4.69, 9.17) is 5.84 Å². The zero-order valence-electron chi connectivity index (χ0n) is 8.74. The van der Waals surface area contributed by atoms with Crippen molar-refractivity contribution >= 4 is 37.6 Å². The molecule has 2 N–H and O–H groups in total. The van der Waals surface area contributed by atoms with Gasteiger partial charge in [-0.1, -0.05) is 44.0 Å². The Hall–Kier alpha value is -1.13. The Balaban J connectivity index is 2.37. The second-order valence-electron chi connectivity index (χ2n) is 3.86. The van der Waals surface area contributed by atoms with Crippen LogP contribution in [0, 0.1) is 0 Å². The van der Waals surface area contributed by atoms with Gasteiger partial charge in [-0.2, -0.15) is 5.10 Å². The predicted molar refractivity (Wildman–Crippen MR) is 77.1 cm³/mol. The van der Waals surface area contributed by atoms with Gasteiger partial charge in [-0.25, -0.2) is 0 Å². The van der Waals surface area contributed by atoms with Gasteiger partial charge in [-0.05, 0) is 35.4 Å². The van der Waals surface area contributed by atoms with Crippen molar-refractivity contribution in [2.75, 3.05) is 0 Å². The van der Waals surface area contributed by atoms with Crippen LogP contribution >= 0.6 is 31.9 Å². The van der Waals surface area contributed by atoms with E-state index in [2.05, 4.69) is 61.2 Å². The highest BCUT2D eigenvalue weighted by atomic mass is 79.9. The molecule has 17 heavy (non-hydrogen) atoms. The van der Waals surface area contributed by atoms with Crippen LogP contribution in [0.15, 0.2) is 50.4 Å². The Morgan fingerprint density at radius 1 is 0.765 bits per heavy atom. The lowest BCUT2D eigenvalue weighted by atomic mass is 10.1. The number of benzene rings is 2. The molecular weight excluding hydrogens is 344 g/mol. The van der Waals surface area contributed by atoms with E-state index in [0.717, 1.165) is 25.8 Å². The number of fused-ring (bicyclic) bond motifs is 3. The highest BCUT2D eigenvalue weighted by Gasteiger charge is 2.24. The zero-order chi connectivity index (χ0) is 12.0. The third-order valence-electron chi connectivity index (χ3n) is 2.89. The molecule has 0 saturated carbocycles. The third kappa shape index (κ3) is 1.63. The molecule has 2 aromatic rings. The summed E-state index contributed by atoms with van der Waals surface area (Å²) in [7, 11) is 0. The standard InChI is InChI=1S/C13H8Br2N2/c14-7-1-3-9-10-4-2-8(15)6-12(10)13(17-16)11(9)5-7/h1-6H,16H2. The Labute approximate surface area is 116 Å². The fourth-order valence-electron chi connectivity index (χ4n) is 2.18. The molecule has 84 valence electrons. The first-order chi connectivity index (χ1) is 8.20. The second-order valence-corrected chi connectivity index (χ2v) is 5.69. The van der Waals surface area contributed by atoms with Crippen molar-refractivity contribution in [1.82, 2.24) is 0 Å². The van der Waals surface area contributed by atoms with Gasteiger partial charge in [0.05, 0.1) is 5.71 Å². The average molecular weight is 352 g/mol. The van der Waals surface area contributed by atoms with Crippen LogP contribution in [-0.4, -0.2) is 5.71 Å². The molecule has 0 fully saturated rings. The zero-order valence-corrected chi connectivity index (χ0v) is 11.9. The van der Waals surface area contributed by atoms with Gasteiger partial charge in [0.25, 0.3) is 0 Å². The van der Waals surface area contributed by atoms with E-state index in [1.165, 1.54) is 11.1 Å². The highest BCUT2D eigenvalue weighted by Crippen LogP contribution is 2.39. The minimum absolute atomic E-state index is 0.845. The molecule has 4 heteroatoms.